The Labute approximate surface area is 360 Å². The van der Waals surface area contributed by atoms with Gasteiger partial charge in [-0.2, -0.15) is 0 Å². The molecule has 0 fully saturated rings. The number of hydrogen-bond acceptors (Lipinski definition) is 4. The van der Waals surface area contributed by atoms with E-state index in [1.165, 1.54) is 44.7 Å². The molecular formula is C57H44N4O. The third-order valence-corrected chi connectivity index (χ3v) is 13.5. The normalized spacial score (nSPS) is 14.6. The van der Waals surface area contributed by atoms with Crippen molar-refractivity contribution in [1.82, 2.24) is 19.5 Å². The van der Waals surface area contributed by atoms with Gasteiger partial charge in [0.2, 0.25) is 0 Å². The Morgan fingerprint density at radius 3 is 1.76 bits per heavy atom. The molecule has 62 heavy (non-hydrogen) atoms. The first kappa shape index (κ1) is 36.5. The first-order valence-corrected chi connectivity index (χ1v) is 21.6. The van der Waals surface area contributed by atoms with Crippen molar-refractivity contribution >= 4 is 54.5 Å². The lowest BCUT2D eigenvalue weighted by Gasteiger charge is -2.42. The third-order valence-electron chi connectivity index (χ3n) is 13.5. The summed E-state index contributed by atoms with van der Waals surface area (Å²) in [6.45, 7) is 9.52. The number of para-hydroxylation sites is 3. The van der Waals surface area contributed by atoms with E-state index in [9.17, 15) is 0 Å². The second-order valence-electron chi connectivity index (χ2n) is 18.3. The second kappa shape index (κ2) is 13.6. The zero-order valence-electron chi connectivity index (χ0n) is 35.3. The summed E-state index contributed by atoms with van der Waals surface area (Å²) in [5.74, 6) is 1.82. The molecule has 3 aromatic heterocycles. The second-order valence-corrected chi connectivity index (χ2v) is 18.3. The highest BCUT2D eigenvalue weighted by atomic mass is 16.3. The fraction of sp³-hybridized carbons (Fsp3) is 0.140. The van der Waals surface area contributed by atoms with E-state index < -0.39 is 0 Å². The smallest absolute Gasteiger partial charge is 0.164 e. The number of fused-ring (bicyclic) bond motifs is 8. The van der Waals surface area contributed by atoms with Gasteiger partial charge in [0, 0.05) is 43.9 Å². The summed E-state index contributed by atoms with van der Waals surface area (Å²) in [5, 5.41) is 6.79. The molecule has 0 bridgehead atoms. The highest BCUT2D eigenvalue weighted by Crippen LogP contribution is 2.48. The van der Waals surface area contributed by atoms with Gasteiger partial charge in [0.15, 0.2) is 17.5 Å². The Kier molecular flexibility index (Phi) is 7.98. The van der Waals surface area contributed by atoms with Gasteiger partial charge in [0.05, 0.1) is 11.0 Å². The lowest BCUT2D eigenvalue weighted by atomic mass is 9.63. The molecule has 0 unspecified atom stereocenters. The molecule has 0 spiro atoms. The van der Waals surface area contributed by atoms with Crippen molar-refractivity contribution in [3.63, 3.8) is 0 Å². The van der Waals surface area contributed by atoms with E-state index in [4.69, 9.17) is 19.4 Å². The molecular weight excluding hydrogens is 757 g/mol. The molecule has 0 N–H and O–H groups in total. The molecule has 5 nitrogen and oxygen atoms in total. The summed E-state index contributed by atoms with van der Waals surface area (Å²) in [6, 6.07) is 60.5. The van der Waals surface area contributed by atoms with Crippen molar-refractivity contribution in [2.24, 2.45) is 0 Å². The molecule has 298 valence electrons. The van der Waals surface area contributed by atoms with E-state index in [0.29, 0.717) is 17.5 Å². The molecule has 5 heteroatoms. The molecule has 8 aromatic carbocycles. The van der Waals surface area contributed by atoms with Gasteiger partial charge in [-0.25, -0.2) is 15.0 Å². The Morgan fingerprint density at radius 2 is 1.02 bits per heavy atom. The zero-order chi connectivity index (χ0) is 41.7. The SMILES string of the molecule is CC1(C)CCC(C)(C)c2cc(-c3cc(-c4nc(-c5ccc(-n6c7ccccc7c7ccccc76)cc5)nc(-c5ccc6ccccc6c5)n4)c4c(c3)oc3ccccc34)ccc21. The van der Waals surface area contributed by atoms with Gasteiger partial charge in [-0.05, 0) is 117 Å². The van der Waals surface area contributed by atoms with Gasteiger partial charge >= 0.3 is 0 Å². The first-order valence-electron chi connectivity index (χ1n) is 21.6. The molecule has 1 aliphatic rings. The summed E-state index contributed by atoms with van der Waals surface area (Å²) in [5.41, 5.74) is 13.1. The molecule has 0 saturated heterocycles. The Morgan fingerprint density at radius 1 is 0.435 bits per heavy atom. The Hall–Kier alpha value is -7.37. The zero-order valence-corrected chi connectivity index (χ0v) is 35.3. The van der Waals surface area contributed by atoms with Gasteiger partial charge in [-0.1, -0.05) is 137 Å². The lowest BCUT2D eigenvalue weighted by Crippen LogP contribution is -2.33. The van der Waals surface area contributed by atoms with Gasteiger partial charge in [-0.3, -0.25) is 0 Å². The van der Waals surface area contributed by atoms with E-state index in [1.807, 2.05) is 12.1 Å². The predicted octanol–water partition coefficient (Wildman–Crippen LogP) is 15.0. The average Bonchev–Trinajstić information content (AvgIpc) is 3.86. The molecule has 0 radical (unpaired) electrons. The maximum Gasteiger partial charge on any atom is 0.164 e. The number of benzene rings is 8. The molecule has 12 rings (SSSR count). The number of furan rings is 1. The van der Waals surface area contributed by atoms with E-state index in [2.05, 4.69) is 190 Å². The summed E-state index contributed by atoms with van der Waals surface area (Å²) in [7, 11) is 0. The minimum Gasteiger partial charge on any atom is -0.456 e. The standard InChI is InChI=1S/C57H44N4O/c1-56(2)29-30-57(3,4)47-33-38(25-28-46(47)56)40-32-45(52-44-17-9-12-20-50(44)62-51(52)34-40)55-59-53(58-54(60-55)39-22-21-35-13-5-6-14-37(35)31-39)36-23-26-41(27-24-36)61-48-18-10-7-15-42(48)43-16-8-11-19-49(43)61/h5-28,31-34H,29-30H2,1-4H3. The van der Waals surface area contributed by atoms with E-state index in [0.717, 1.165) is 67.3 Å². The van der Waals surface area contributed by atoms with Crippen LogP contribution in [-0.4, -0.2) is 19.5 Å². The van der Waals surface area contributed by atoms with Gasteiger partial charge in [0.1, 0.15) is 11.2 Å². The van der Waals surface area contributed by atoms with Crippen LogP contribution in [0.4, 0.5) is 0 Å². The third kappa shape index (κ3) is 5.79. The summed E-state index contributed by atoms with van der Waals surface area (Å²) in [6.07, 6.45) is 2.32. The van der Waals surface area contributed by atoms with Crippen molar-refractivity contribution in [2.45, 2.75) is 51.4 Å². The highest BCUT2D eigenvalue weighted by Gasteiger charge is 2.37. The van der Waals surface area contributed by atoms with Crippen LogP contribution in [0.3, 0.4) is 0 Å². The van der Waals surface area contributed by atoms with Gasteiger partial charge in [-0.15, -0.1) is 0 Å². The van der Waals surface area contributed by atoms with Crippen molar-refractivity contribution in [3.05, 3.63) is 181 Å². The van der Waals surface area contributed by atoms with Crippen molar-refractivity contribution in [3.8, 4) is 51.0 Å². The predicted molar refractivity (Wildman–Crippen MR) is 256 cm³/mol. The quantitative estimate of drug-likeness (QED) is 0.174. The molecule has 0 amide bonds. The van der Waals surface area contributed by atoms with Crippen molar-refractivity contribution in [2.75, 3.05) is 0 Å². The van der Waals surface area contributed by atoms with Crippen LogP contribution >= 0.6 is 0 Å². The molecule has 0 aliphatic heterocycles. The number of aromatic nitrogens is 4. The molecule has 0 atom stereocenters. The Balaban J connectivity index is 1.07. The largest absolute Gasteiger partial charge is 0.456 e. The van der Waals surface area contributed by atoms with E-state index in [-0.39, 0.29) is 10.8 Å². The van der Waals surface area contributed by atoms with E-state index in [1.54, 1.807) is 0 Å². The van der Waals surface area contributed by atoms with Crippen molar-refractivity contribution < 1.29 is 4.42 Å². The molecule has 1 aliphatic carbocycles. The van der Waals surface area contributed by atoms with Crippen LogP contribution in [0, 0.1) is 0 Å². The maximum atomic E-state index is 6.68. The number of nitrogens with zero attached hydrogens (tertiary/aromatic N) is 4. The van der Waals surface area contributed by atoms with Crippen LogP contribution < -0.4 is 0 Å². The van der Waals surface area contributed by atoms with Gasteiger partial charge < -0.3 is 8.98 Å². The van der Waals surface area contributed by atoms with Crippen LogP contribution in [0.25, 0.3) is 105 Å². The number of hydrogen-bond donors (Lipinski definition) is 0. The fourth-order valence-electron chi connectivity index (χ4n) is 10.0. The fourth-order valence-corrected chi connectivity index (χ4v) is 10.0. The maximum absolute atomic E-state index is 6.68. The van der Waals surface area contributed by atoms with Crippen LogP contribution in [-0.2, 0) is 10.8 Å². The van der Waals surface area contributed by atoms with Crippen LogP contribution in [0.2, 0.25) is 0 Å². The Bertz CT molecular complexity index is 3540. The number of rotatable bonds is 5. The van der Waals surface area contributed by atoms with Crippen molar-refractivity contribution in [1.29, 1.82) is 0 Å². The van der Waals surface area contributed by atoms with Crippen LogP contribution in [0.1, 0.15) is 51.7 Å². The minimum absolute atomic E-state index is 0.0716. The van der Waals surface area contributed by atoms with Crippen LogP contribution in [0.15, 0.2) is 174 Å². The van der Waals surface area contributed by atoms with E-state index >= 15 is 0 Å². The highest BCUT2D eigenvalue weighted by molar-refractivity contribution is 6.13. The van der Waals surface area contributed by atoms with Gasteiger partial charge in [0.25, 0.3) is 0 Å². The van der Waals surface area contributed by atoms with Crippen LogP contribution in [0.5, 0.6) is 0 Å². The summed E-state index contributed by atoms with van der Waals surface area (Å²) in [4.78, 5) is 15.9. The molecule has 0 saturated carbocycles. The lowest BCUT2D eigenvalue weighted by molar-refractivity contribution is 0.332. The summed E-state index contributed by atoms with van der Waals surface area (Å²) < 4.78 is 9.01. The monoisotopic (exact) mass is 800 g/mol. The summed E-state index contributed by atoms with van der Waals surface area (Å²) >= 11 is 0. The minimum atomic E-state index is 0.0716. The average molecular weight is 801 g/mol. The first-order chi connectivity index (χ1) is 30.2. The molecule has 11 aromatic rings. The molecule has 3 heterocycles. The topological polar surface area (TPSA) is 56.7 Å².